The highest BCUT2D eigenvalue weighted by Gasteiger charge is 2.34. The molecular formula is C16H20FN3O2. The number of nitrogens with zero attached hydrogens (tertiary/aromatic N) is 2. The van der Waals surface area contributed by atoms with Crippen LogP contribution < -0.4 is 5.32 Å². The number of carbonyl (C=O) groups excluding carboxylic acids is 1. The molecule has 1 amide bonds. The van der Waals surface area contributed by atoms with E-state index in [9.17, 15) is 14.4 Å². The standard InChI is InChI=1S/C16H20FN3O2/c1-16(2,3)22-15(21)20-9-13(10-20)19-14(8-18)11-4-6-12(17)7-5-11/h4-7,13-14,19H,9-10H2,1-3H3/t14-/m1/s1. The number of amides is 1. The smallest absolute Gasteiger partial charge is 0.410 e. The first-order valence-electron chi connectivity index (χ1n) is 7.17. The third-order valence-corrected chi connectivity index (χ3v) is 3.27. The van der Waals surface area contributed by atoms with Gasteiger partial charge in [0.2, 0.25) is 0 Å². The number of benzene rings is 1. The Bertz CT molecular complexity index is 569. The van der Waals surface area contributed by atoms with E-state index in [1.54, 1.807) is 17.0 Å². The van der Waals surface area contributed by atoms with E-state index in [0.29, 0.717) is 18.7 Å². The molecule has 1 saturated heterocycles. The minimum absolute atomic E-state index is 0.0298. The molecule has 1 aliphatic rings. The van der Waals surface area contributed by atoms with E-state index in [4.69, 9.17) is 4.74 Å². The van der Waals surface area contributed by atoms with Crippen LogP contribution in [0.2, 0.25) is 0 Å². The van der Waals surface area contributed by atoms with Gasteiger partial charge in [-0.2, -0.15) is 5.26 Å². The Morgan fingerprint density at radius 3 is 2.50 bits per heavy atom. The first kappa shape index (κ1) is 16.2. The summed E-state index contributed by atoms with van der Waals surface area (Å²) in [4.78, 5) is 13.4. The van der Waals surface area contributed by atoms with Gasteiger partial charge in [-0.3, -0.25) is 5.32 Å². The molecule has 1 heterocycles. The van der Waals surface area contributed by atoms with Gasteiger partial charge >= 0.3 is 6.09 Å². The van der Waals surface area contributed by atoms with Gasteiger partial charge in [0.05, 0.1) is 6.07 Å². The molecular weight excluding hydrogens is 285 g/mol. The highest BCUT2D eigenvalue weighted by Crippen LogP contribution is 2.19. The molecule has 0 radical (unpaired) electrons. The van der Waals surface area contributed by atoms with Crippen molar-refractivity contribution in [2.75, 3.05) is 13.1 Å². The zero-order valence-corrected chi connectivity index (χ0v) is 13.0. The number of nitrogens with one attached hydrogen (secondary N) is 1. The zero-order chi connectivity index (χ0) is 16.3. The van der Waals surface area contributed by atoms with Gasteiger partial charge in [-0.1, -0.05) is 12.1 Å². The molecule has 1 aromatic rings. The number of ether oxygens (including phenoxy) is 1. The maximum atomic E-state index is 12.9. The Kier molecular flexibility index (Phi) is 4.67. The van der Waals surface area contributed by atoms with Crippen molar-refractivity contribution >= 4 is 6.09 Å². The lowest BCUT2D eigenvalue weighted by Gasteiger charge is -2.41. The van der Waals surface area contributed by atoms with Crippen LogP contribution in [0, 0.1) is 17.1 Å². The van der Waals surface area contributed by atoms with Gasteiger partial charge in [-0.05, 0) is 38.5 Å². The van der Waals surface area contributed by atoms with Gasteiger partial charge in [0.25, 0.3) is 0 Å². The maximum absolute atomic E-state index is 12.9. The van der Waals surface area contributed by atoms with E-state index in [2.05, 4.69) is 11.4 Å². The summed E-state index contributed by atoms with van der Waals surface area (Å²) in [6.07, 6.45) is -0.346. The summed E-state index contributed by atoms with van der Waals surface area (Å²) in [7, 11) is 0. The summed E-state index contributed by atoms with van der Waals surface area (Å²) >= 11 is 0. The van der Waals surface area contributed by atoms with E-state index in [0.717, 1.165) is 0 Å². The maximum Gasteiger partial charge on any atom is 0.410 e. The molecule has 6 heteroatoms. The van der Waals surface area contributed by atoms with Crippen molar-refractivity contribution in [2.24, 2.45) is 0 Å². The topological polar surface area (TPSA) is 65.4 Å². The van der Waals surface area contributed by atoms with Crippen molar-refractivity contribution in [3.8, 4) is 6.07 Å². The molecule has 5 nitrogen and oxygen atoms in total. The molecule has 1 aromatic carbocycles. The van der Waals surface area contributed by atoms with Crippen molar-refractivity contribution < 1.29 is 13.9 Å². The lowest BCUT2D eigenvalue weighted by Crippen LogP contribution is -2.60. The SMILES string of the molecule is CC(C)(C)OC(=O)N1CC(N[C@H](C#N)c2ccc(F)cc2)C1. The van der Waals surface area contributed by atoms with Gasteiger partial charge in [-0.25, -0.2) is 9.18 Å². The van der Waals surface area contributed by atoms with Crippen LogP contribution in [0.3, 0.4) is 0 Å². The van der Waals surface area contributed by atoms with Gasteiger partial charge in [-0.15, -0.1) is 0 Å². The molecule has 0 unspecified atom stereocenters. The molecule has 1 N–H and O–H groups in total. The van der Waals surface area contributed by atoms with E-state index >= 15 is 0 Å². The van der Waals surface area contributed by atoms with E-state index < -0.39 is 11.6 Å². The number of likely N-dealkylation sites (tertiary alicyclic amines) is 1. The summed E-state index contributed by atoms with van der Waals surface area (Å²) < 4.78 is 18.2. The molecule has 0 saturated carbocycles. The first-order valence-corrected chi connectivity index (χ1v) is 7.17. The fourth-order valence-electron chi connectivity index (χ4n) is 2.16. The lowest BCUT2D eigenvalue weighted by molar-refractivity contribution is 0.00475. The normalized spacial score (nSPS) is 16.6. The molecule has 1 fully saturated rings. The summed E-state index contributed by atoms with van der Waals surface area (Å²) in [5.74, 6) is -0.333. The Balaban J connectivity index is 1.85. The summed E-state index contributed by atoms with van der Waals surface area (Å²) in [6, 6.07) is 7.48. The van der Waals surface area contributed by atoms with Gasteiger partial charge in [0.1, 0.15) is 17.5 Å². The number of carbonyl (C=O) groups is 1. The number of nitriles is 1. The predicted molar refractivity (Wildman–Crippen MR) is 79.5 cm³/mol. The van der Waals surface area contributed by atoms with E-state index in [1.165, 1.54) is 12.1 Å². The van der Waals surface area contributed by atoms with E-state index in [1.807, 2.05) is 20.8 Å². The second-order valence-corrected chi connectivity index (χ2v) is 6.36. The molecule has 118 valence electrons. The van der Waals surface area contributed by atoms with Gasteiger partial charge < -0.3 is 9.64 Å². The van der Waals surface area contributed by atoms with Crippen molar-refractivity contribution in [2.45, 2.75) is 38.5 Å². The molecule has 1 atom stereocenters. The van der Waals surface area contributed by atoms with Crippen molar-refractivity contribution in [3.63, 3.8) is 0 Å². The molecule has 0 aliphatic carbocycles. The van der Waals surface area contributed by atoms with Crippen molar-refractivity contribution in [3.05, 3.63) is 35.6 Å². The second-order valence-electron chi connectivity index (χ2n) is 6.36. The van der Waals surface area contributed by atoms with Crippen molar-refractivity contribution in [1.29, 1.82) is 5.26 Å². The number of halogens is 1. The average Bonchev–Trinajstić information content (AvgIpc) is 2.37. The monoisotopic (exact) mass is 305 g/mol. The quantitative estimate of drug-likeness (QED) is 0.932. The number of hydrogen-bond donors (Lipinski definition) is 1. The van der Waals surface area contributed by atoms with Crippen LogP contribution >= 0.6 is 0 Å². The molecule has 0 bridgehead atoms. The Morgan fingerprint density at radius 2 is 2.00 bits per heavy atom. The highest BCUT2D eigenvalue weighted by molar-refractivity contribution is 5.69. The fraction of sp³-hybridized carbons (Fsp3) is 0.500. The van der Waals surface area contributed by atoms with Crippen LogP contribution in [0.25, 0.3) is 0 Å². The molecule has 22 heavy (non-hydrogen) atoms. The largest absolute Gasteiger partial charge is 0.444 e. The first-order chi connectivity index (χ1) is 10.3. The Morgan fingerprint density at radius 1 is 1.41 bits per heavy atom. The summed E-state index contributed by atoms with van der Waals surface area (Å²) in [5.41, 5.74) is 0.193. The second kappa shape index (κ2) is 6.32. The predicted octanol–water partition coefficient (Wildman–Crippen LogP) is 2.60. The Labute approximate surface area is 129 Å². The third kappa shape index (κ3) is 4.18. The molecule has 0 spiro atoms. The summed E-state index contributed by atoms with van der Waals surface area (Å²) in [6.45, 7) is 6.45. The minimum Gasteiger partial charge on any atom is -0.444 e. The zero-order valence-electron chi connectivity index (χ0n) is 13.0. The molecule has 0 aromatic heterocycles. The van der Waals surface area contributed by atoms with Gasteiger partial charge in [0, 0.05) is 19.1 Å². The number of hydrogen-bond acceptors (Lipinski definition) is 4. The van der Waals surface area contributed by atoms with Crippen LogP contribution in [0.1, 0.15) is 32.4 Å². The number of rotatable bonds is 3. The third-order valence-electron chi connectivity index (χ3n) is 3.27. The average molecular weight is 305 g/mol. The van der Waals surface area contributed by atoms with Crippen LogP contribution in [-0.4, -0.2) is 35.7 Å². The van der Waals surface area contributed by atoms with Crippen LogP contribution in [0.4, 0.5) is 9.18 Å². The van der Waals surface area contributed by atoms with Crippen molar-refractivity contribution in [1.82, 2.24) is 10.2 Å². The van der Waals surface area contributed by atoms with E-state index in [-0.39, 0.29) is 18.0 Å². The van der Waals surface area contributed by atoms with Crippen LogP contribution in [0.5, 0.6) is 0 Å². The summed E-state index contributed by atoms with van der Waals surface area (Å²) in [5, 5.41) is 12.4. The van der Waals surface area contributed by atoms with Crippen LogP contribution in [-0.2, 0) is 4.74 Å². The molecule has 2 rings (SSSR count). The Hall–Kier alpha value is -2.13. The lowest BCUT2D eigenvalue weighted by atomic mass is 10.0. The fourth-order valence-corrected chi connectivity index (χ4v) is 2.16. The van der Waals surface area contributed by atoms with Gasteiger partial charge in [0.15, 0.2) is 0 Å². The minimum atomic E-state index is -0.522. The highest BCUT2D eigenvalue weighted by atomic mass is 19.1. The van der Waals surface area contributed by atoms with Crippen LogP contribution in [0.15, 0.2) is 24.3 Å². The molecule has 1 aliphatic heterocycles.